The van der Waals surface area contributed by atoms with Crippen LogP contribution in [0, 0.1) is 6.92 Å². The number of rotatable bonds is 5. The first-order valence-electron chi connectivity index (χ1n) is 10.4. The van der Waals surface area contributed by atoms with Crippen LogP contribution in [0.15, 0.2) is 47.1 Å². The van der Waals surface area contributed by atoms with Crippen molar-refractivity contribution in [3.8, 4) is 23.0 Å². The first-order valence-corrected chi connectivity index (χ1v) is 10.4. The molecule has 1 aromatic carbocycles. The van der Waals surface area contributed by atoms with Gasteiger partial charge in [0.1, 0.15) is 22.7 Å². The number of hydrogen-bond acceptors (Lipinski definition) is 6. The summed E-state index contributed by atoms with van der Waals surface area (Å²) < 4.78 is 12.1. The van der Waals surface area contributed by atoms with Crippen molar-refractivity contribution in [2.75, 3.05) is 11.9 Å². The van der Waals surface area contributed by atoms with Crippen molar-refractivity contribution in [2.45, 2.75) is 45.1 Å². The summed E-state index contributed by atoms with van der Waals surface area (Å²) in [6, 6.07) is 10.6. The van der Waals surface area contributed by atoms with Crippen LogP contribution >= 0.6 is 0 Å². The molecule has 3 aromatic heterocycles. The number of nitrogens with zero attached hydrogens (tertiary/aromatic N) is 4. The second-order valence-electron chi connectivity index (χ2n) is 7.92. The summed E-state index contributed by atoms with van der Waals surface area (Å²) in [5.74, 6) is 2.10. The molecule has 1 aliphatic carbocycles. The molecule has 7 nitrogen and oxygen atoms in total. The minimum atomic E-state index is 0.503. The predicted molar refractivity (Wildman–Crippen MR) is 116 cm³/mol. The molecule has 0 radical (unpaired) electrons. The monoisotopic (exact) mass is 403 g/mol. The van der Waals surface area contributed by atoms with Crippen molar-refractivity contribution in [1.29, 1.82) is 0 Å². The number of fused-ring (bicyclic) bond motifs is 1. The molecule has 0 atom stereocenters. The minimum Gasteiger partial charge on any atom is -0.457 e. The molecule has 1 fully saturated rings. The number of aromatic amines is 1. The van der Waals surface area contributed by atoms with E-state index in [2.05, 4.69) is 31.9 Å². The van der Waals surface area contributed by atoms with E-state index in [0.717, 1.165) is 28.3 Å². The summed E-state index contributed by atoms with van der Waals surface area (Å²) in [4.78, 5) is 18.7. The fourth-order valence-electron chi connectivity index (χ4n) is 4.01. The standard InChI is InChI=1S/C23H25N5O2/c1-15-14-25-22(26-15)20-12-18(10-11-24-20)29-17-8-9-19-21(13-17)30-23(27-19)28(2)16-6-4-3-5-7-16/h8-14,16H,3-7H2,1-2H3,(H,25,26). The number of aromatic nitrogens is 4. The van der Waals surface area contributed by atoms with E-state index < -0.39 is 0 Å². The summed E-state index contributed by atoms with van der Waals surface area (Å²) in [7, 11) is 2.08. The van der Waals surface area contributed by atoms with Gasteiger partial charge in [-0.25, -0.2) is 4.98 Å². The van der Waals surface area contributed by atoms with Gasteiger partial charge in [-0.2, -0.15) is 4.98 Å². The number of oxazole rings is 1. The third kappa shape index (κ3) is 3.75. The van der Waals surface area contributed by atoms with E-state index in [9.17, 15) is 0 Å². The molecule has 30 heavy (non-hydrogen) atoms. The van der Waals surface area contributed by atoms with Gasteiger partial charge < -0.3 is 19.0 Å². The minimum absolute atomic E-state index is 0.503. The highest BCUT2D eigenvalue weighted by Crippen LogP contribution is 2.31. The first-order chi connectivity index (χ1) is 14.7. The van der Waals surface area contributed by atoms with Gasteiger partial charge in [-0.1, -0.05) is 19.3 Å². The molecule has 3 heterocycles. The first kappa shape index (κ1) is 18.7. The van der Waals surface area contributed by atoms with Crippen molar-refractivity contribution in [3.05, 3.63) is 48.4 Å². The third-order valence-corrected chi connectivity index (χ3v) is 5.69. The maximum Gasteiger partial charge on any atom is 0.298 e. The molecule has 0 unspecified atom stereocenters. The van der Waals surface area contributed by atoms with Crippen LogP contribution in [0.4, 0.5) is 6.01 Å². The summed E-state index contributed by atoms with van der Waals surface area (Å²) in [6.45, 7) is 1.96. The zero-order chi connectivity index (χ0) is 20.5. The summed E-state index contributed by atoms with van der Waals surface area (Å²) in [5.41, 5.74) is 3.28. The van der Waals surface area contributed by atoms with Gasteiger partial charge in [-0.3, -0.25) is 4.98 Å². The Kier molecular flexibility index (Phi) is 4.86. The lowest BCUT2D eigenvalue weighted by molar-refractivity contribution is 0.409. The van der Waals surface area contributed by atoms with Crippen LogP contribution < -0.4 is 9.64 Å². The Morgan fingerprint density at radius 1 is 1.07 bits per heavy atom. The van der Waals surface area contributed by atoms with Gasteiger partial charge in [0, 0.05) is 43.3 Å². The quantitative estimate of drug-likeness (QED) is 0.475. The van der Waals surface area contributed by atoms with Crippen LogP contribution in [0.2, 0.25) is 0 Å². The van der Waals surface area contributed by atoms with Crippen LogP contribution in [-0.4, -0.2) is 33.0 Å². The average molecular weight is 403 g/mol. The SMILES string of the molecule is Cc1cnc(-c2cc(Oc3ccc4nc(N(C)C5CCCCC5)oc4c3)ccn2)[nH]1. The highest BCUT2D eigenvalue weighted by Gasteiger charge is 2.22. The molecular weight excluding hydrogens is 378 g/mol. The number of aryl methyl sites for hydroxylation is 1. The second-order valence-corrected chi connectivity index (χ2v) is 7.92. The van der Waals surface area contributed by atoms with Crippen molar-refractivity contribution in [2.24, 2.45) is 0 Å². The summed E-state index contributed by atoms with van der Waals surface area (Å²) in [5, 5.41) is 0. The number of hydrogen-bond donors (Lipinski definition) is 1. The number of ether oxygens (including phenoxy) is 1. The average Bonchev–Trinajstić information content (AvgIpc) is 3.40. The number of nitrogens with one attached hydrogen (secondary N) is 1. The molecule has 154 valence electrons. The molecule has 7 heteroatoms. The lowest BCUT2D eigenvalue weighted by Crippen LogP contribution is -2.33. The Balaban J connectivity index is 1.36. The molecular formula is C23H25N5O2. The van der Waals surface area contributed by atoms with E-state index >= 15 is 0 Å². The van der Waals surface area contributed by atoms with E-state index in [1.54, 1.807) is 12.4 Å². The van der Waals surface area contributed by atoms with Crippen molar-refractivity contribution >= 4 is 17.1 Å². The molecule has 0 saturated heterocycles. The Hall–Kier alpha value is -3.35. The van der Waals surface area contributed by atoms with Gasteiger partial charge in [0.25, 0.3) is 6.01 Å². The molecule has 0 aliphatic heterocycles. The van der Waals surface area contributed by atoms with Gasteiger partial charge in [-0.15, -0.1) is 0 Å². The van der Waals surface area contributed by atoms with Gasteiger partial charge in [-0.05, 0) is 38.0 Å². The summed E-state index contributed by atoms with van der Waals surface area (Å²) >= 11 is 0. The van der Waals surface area contributed by atoms with Crippen LogP contribution in [0.5, 0.6) is 11.5 Å². The fourth-order valence-corrected chi connectivity index (χ4v) is 4.01. The topological polar surface area (TPSA) is 80.1 Å². The highest BCUT2D eigenvalue weighted by atomic mass is 16.5. The number of pyridine rings is 1. The van der Waals surface area contributed by atoms with E-state index in [4.69, 9.17) is 9.15 Å². The van der Waals surface area contributed by atoms with E-state index in [1.807, 2.05) is 37.3 Å². The van der Waals surface area contributed by atoms with Gasteiger partial charge >= 0.3 is 0 Å². The number of H-pyrrole nitrogens is 1. The molecule has 0 amide bonds. The zero-order valence-electron chi connectivity index (χ0n) is 17.3. The largest absolute Gasteiger partial charge is 0.457 e. The van der Waals surface area contributed by atoms with Crippen molar-refractivity contribution in [1.82, 2.24) is 19.9 Å². The maximum absolute atomic E-state index is 6.06. The van der Waals surface area contributed by atoms with Crippen LogP contribution in [-0.2, 0) is 0 Å². The smallest absolute Gasteiger partial charge is 0.298 e. The van der Waals surface area contributed by atoms with Gasteiger partial charge in [0.05, 0.1) is 0 Å². The van der Waals surface area contributed by atoms with Crippen molar-refractivity contribution < 1.29 is 9.15 Å². The van der Waals surface area contributed by atoms with Gasteiger partial charge in [0.15, 0.2) is 11.4 Å². The number of anilines is 1. The number of benzene rings is 1. The predicted octanol–water partition coefficient (Wildman–Crippen LogP) is 5.48. The molecule has 1 saturated carbocycles. The molecule has 0 spiro atoms. The normalized spacial score (nSPS) is 14.9. The van der Waals surface area contributed by atoms with E-state index in [1.165, 1.54) is 32.1 Å². The fraction of sp³-hybridized carbons (Fsp3) is 0.348. The van der Waals surface area contributed by atoms with E-state index in [0.29, 0.717) is 23.6 Å². The Labute approximate surface area is 175 Å². The highest BCUT2D eigenvalue weighted by molar-refractivity contribution is 5.76. The van der Waals surface area contributed by atoms with Crippen LogP contribution in [0.25, 0.3) is 22.6 Å². The lowest BCUT2D eigenvalue weighted by atomic mass is 9.95. The van der Waals surface area contributed by atoms with E-state index in [-0.39, 0.29) is 0 Å². The third-order valence-electron chi connectivity index (χ3n) is 5.69. The van der Waals surface area contributed by atoms with Crippen LogP contribution in [0.1, 0.15) is 37.8 Å². The van der Waals surface area contributed by atoms with Gasteiger partial charge in [0.2, 0.25) is 0 Å². The number of imidazole rings is 1. The Bertz CT molecular complexity index is 1160. The van der Waals surface area contributed by atoms with Crippen molar-refractivity contribution in [3.63, 3.8) is 0 Å². The molecule has 1 N–H and O–H groups in total. The van der Waals surface area contributed by atoms with Crippen LogP contribution in [0.3, 0.4) is 0 Å². The lowest BCUT2D eigenvalue weighted by Gasteiger charge is -2.29. The molecule has 5 rings (SSSR count). The Morgan fingerprint density at radius 2 is 1.90 bits per heavy atom. The molecule has 0 bridgehead atoms. The maximum atomic E-state index is 6.06. The second kappa shape index (κ2) is 7.82. The molecule has 1 aliphatic rings. The molecule has 4 aromatic rings. The Morgan fingerprint density at radius 3 is 2.70 bits per heavy atom. The zero-order valence-corrected chi connectivity index (χ0v) is 17.3. The summed E-state index contributed by atoms with van der Waals surface area (Å²) in [6.07, 6.45) is 9.77.